The molecular weight excluding hydrogens is 544 g/mol. The average Bonchev–Trinajstić information content (AvgIpc) is 3.33. The lowest BCUT2D eigenvalue weighted by Crippen LogP contribution is -2.08. The maximum atomic E-state index is 3.81. The molecule has 0 nitrogen and oxygen atoms in total. The molecule has 0 unspecified atom stereocenters. The van der Waals surface area contributed by atoms with Gasteiger partial charge in [-0.3, -0.25) is 0 Å². The van der Waals surface area contributed by atoms with Gasteiger partial charge in [0.1, 0.15) is 0 Å². The summed E-state index contributed by atoms with van der Waals surface area (Å²) in [6.45, 7) is 4.62. The SMILES string of the molecule is CCCCCCCCS1(CCCCCCCC)c2cc(Br)sc2-c2cc(Br)sc21. The van der Waals surface area contributed by atoms with Gasteiger partial charge >= 0.3 is 0 Å². The fraction of sp³-hybridized carbons (Fsp3) is 0.667. The van der Waals surface area contributed by atoms with Crippen LogP contribution < -0.4 is 0 Å². The molecule has 164 valence electrons. The van der Waals surface area contributed by atoms with Crippen LogP contribution in [0.15, 0.2) is 28.8 Å². The van der Waals surface area contributed by atoms with Crippen molar-refractivity contribution >= 4 is 64.6 Å². The van der Waals surface area contributed by atoms with E-state index < -0.39 is 10.0 Å². The summed E-state index contributed by atoms with van der Waals surface area (Å²) >= 11 is 11.6. The van der Waals surface area contributed by atoms with Crippen molar-refractivity contribution in [3.8, 4) is 10.4 Å². The summed E-state index contributed by atoms with van der Waals surface area (Å²) in [6, 6.07) is 4.89. The van der Waals surface area contributed by atoms with Crippen LogP contribution in [0.3, 0.4) is 0 Å². The van der Waals surface area contributed by atoms with E-state index in [0.717, 1.165) is 0 Å². The minimum absolute atomic E-state index is 0.855. The molecule has 0 saturated heterocycles. The molecule has 0 N–H and O–H groups in total. The van der Waals surface area contributed by atoms with Gasteiger partial charge in [0, 0.05) is 15.3 Å². The van der Waals surface area contributed by atoms with Gasteiger partial charge in [-0.1, -0.05) is 78.1 Å². The summed E-state index contributed by atoms with van der Waals surface area (Å²) in [4.78, 5) is 3.28. The number of unbranched alkanes of at least 4 members (excludes halogenated alkanes) is 10. The van der Waals surface area contributed by atoms with Crippen LogP contribution in [0, 0.1) is 0 Å². The van der Waals surface area contributed by atoms with Crippen molar-refractivity contribution in [2.45, 2.75) is 100 Å². The molecule has 0 radical (unpaired) electrons. The van der Waals surface area contributed by atoms with E-state index in [9.17, 15) is 0 Å². The number of rotatable bonds is 14. The first-order chi connectivity index (χ1) is 14.1. The van der Waals surface area contributed by atoms with Crippen LogP contribution in [-0.2, 0) is 0 Å². The average molecular weight is 581 g/mol. The highest BCUT2D eigenvalue weighted by molar-refractivity contribution is 9.11. The first-order valence-corrected chi connectivity index (χ1v) is 16.7. The van der Waals surface area contributed by atoms with Crippen molar-refractivity contribution in [2.24, 2.45) is 0 Å². The molecule has 3 heterocycles. The van der Waals surface area contributed by atoms with E-state index in [1.165, 1.54) is 96.1 Å². The Kier molecular flexibility index (Phi) is 10.1. The molecule has 0 fully saturated rings. The molecule has 3 rings (SSSR count). The molecule has 2 aromatic rings. The summed E-state index contributed by atoms with van der Waals surface area (Å²) in [5.41, 5.74) is 1.56. The molecule has 0 amide bonds. The standard InChI is InChI=1S/C24H36Br2S3/c1-3-5-7-9-11-13-15-29(16-14-12-10-8-6-4-2)20-18-22(26)27-23(20)19-17-21(25)28-24(19)29/h17-18H,3-16H2,1-2H3. The van der Waals surface area contributed by atoms with Gasteiger partial charge in [0.05, 0.1) is 11.8 Å². The van der Waals surface area contributed by atoms with Gasteiger partial charge in [0.15, 0.2) is 0 Å². The fourth-order valence-electron chi connectivity index (χ4n) is 4.48. The highest BCUT2D eigenvalue weighted by Gasteiger charge is 2.41. The van der Waals surface area contributed by atoms with Crippen LogP contribution in [0.5, 0.6) is 0 Å². The highest BCUT2D eigenvalue weighted by Crippen LogP contribution is 2.76. The molecule has 0 atom stereocenters. The summed E-state index contributed by atoms with van der Waals surface area (Å²) in [7, 11) is -0.855. The van der Waals surface area contributed by atoms with E-state index >= 15 is 0 Å². The van der Waals surface area contributed by atoms with E-state index in [4.69, 9.17) is 0 Å². The van der Waals surface area contributed by atoms with Crippen molar-refractivity contribution in [1.29, 1.82) is 0 Å². The second kappa shape index (κ2) is 12.1. The Bertz CT molecular complexity index is 698. The monoisotopic (exact) mass is 578 g/mol. The number of hydrogen-bond donors (Lipinski definition) is 0. The van der Waals surface area contributed by atoms with Gasteiger partial charge in [-0.15, -0.1) is 22.7 Å². The summed E-state index contributed by atoms with van der Waals surface area (Å²) in [5, 5.41) is 0. The predicted molar refractivity (Wildman–Crippen MR) is 144 cm³/mol. The first kappa shape index (κ1) is 24.4. The van der Waals surface area contributed by atoms with E-state index in [1.54, 1.807) is 19.5 Å². The third kappa shape index (κ3) is 5.94. The van der Waals surface area contributed by atoms with Crippen molar-refractivity contribution in [3.63, 3.8) is 0 Å². The van der Waals surface area contributed by atoms with E-state index in [1.807, 2.05) is 22.7 Å². The molecule has 0 spiro atoms. The molecular formula is C24H36Br2S3. The topological polar surface area (TPSA) is 0 Å². The smallest absolute Gasteiger partial charge is 0.0716 e. The number of thiophene rings is 2. The lowest BCUT2D eigenvalue weighted by molar-refractivity contribution is 0.622. The third-order valence-electron chi connectivity index (χ3n) is 6.05. The molecule has 0 saturated carbocycles. The van der Waals surface area contributed by atoms with Gasteiger partial charge in [-0.05, 0) is 68.3 Å². The molecule has 5 heteroatoms. The van der Waals surface area contributed by atoms with Crippen molar-refractivity contribution in [1.82, 2.24) is 0 Å². The Morgan fingerprint density at radius 1 is 0.690 bits per heavy atom. The maximum absolute atomic E-state index is 3.81. The zero-order valence-corrected chi connectivity index (χ0v) is 23.7. The minimum atomic E-state index is -0.855. The van der Waals surface area contributed by atoms with Crippen LogP contribution in [0.25, 0.3) is 10.4 Å². The predicted octanol–water partition coefficient (Wildman–Crippen LogP) is 11.3. The van der Waals surface area contributed by atoms with Gasteiger partial charge < -0.3 is 0 Å². The maximum Gasteiger partial charge on any atom is 0.0716 e. The zero-order chi connectivity index (χ0) is 20.7. The lowest BCUT2D eigenvalue weighted by Gasteiger charge is -2.37. The Balaban J connectivity index is 1.75. The number of hydrogen-bond acceptors (Lipinski definition) is 2. The van der Waals surface area contributed by atoms with Gasteiger partial charge in [0.2, 0.25) is 0 Å². The number of halogens is 2. The zero-order valence-electron chi connectivity index (χ0n) is 18.0. The largest absolute Gasteiger partial charge is 0.177 e. The molecule has 0 aromatic carbocycles. The Labute approximate surface area is 204 Å². The summed E-state index contributed by atoms with van der Waals surface area (Å²) in [5.74, 6) is 2.81. The molecule has 29 heavy (non-hydrogen) atoms. The van der Waals surface area contributed by atoms with Crippen LogP contribution >= 0.6 is 64.6 Å². The van der Waals surface area contributed by atoms with Crippen molar-refractivity contribution < 1.29 is 0 Å². The summed E-state index contributed by atoms with van der Waals surface area (Å²) < 4.78 is 4.37. The van der Waals surface area contributed by atoms with Gasteiger partial charge in [-0.2, -0.15) is 10.0 Å². The lowest BCUT2D eigenvalue weighted by atomic mass is 10.1. The van der Waals surface area contributed by atoms with Gasteiger partial charge in [-0.25, -0.2) is 0 Å². The Morgan fingerprint density at radius 2 is 1.21 bits per heavy atom. The highest BCUT2D eigenvalue weighted by atomic mass is 79.9. The molecule has 0 aliphatic carbocycles. The van der Waals surface area contributed by atoms with Crippen LogP contribution in [0.4, 0.5) is 0 Å². The third-order valence-corrected chi connectivity index (χ3v) is 14.6. The van der Waals surface area contributed by atoms with Crippen LogP contribution in [0.2, 0.25) is 0 Å². The van der Waals surface area contributed by atoms with Crippen LogP contribution in [0.1, 0.15) is 90.9 Å². The second-order valence-electron chi connectivity index (χ2n) is 8.32. The molecule has 1 aliphatic heterocycles. The normalized spacial score (nSPS) is 15.4. The molecule has 0 bridgehead atoms. The summed E-state index contributed by atoms with van der Waals surface area (Å²) in [6.07, 6.45) is 16.8. The van der Waals surface area contributed by atoms with E-state index in [-0.39, 0.29) is 0 Å². The second-order valence-corrected chi connectivity index (χ2v) is 16.9. The quantitative estimate of drug-likeness (QED) is 0.195. The Morgan fingerprint density at radius 3 is 1.79 bits per heavy atom. The Hall–Kier alpha value is 0.710. The number of fused-ring (bicyclic) bond motifs is 3. The molecule has 1 aliphatic rings. The van der Waals surface area contributed by atoms with Crippen LogP contribution in [-0.4, -0.2) is 11.5 Å². The van der Waals surface area contributed by atoms with Crippen molar-refractivity contribution in [3.05, 3.63) is 19.7 Å². The fourth-order valence-corrected chi connectivity index (χ4v) is 14.3. The van der Waals surface area contributed by atoms with Crippen molar-refractivity contribution in [2.75, 3.05) is 11.5 Å². The minimum Gasteiger partial charge on any atom is -0.177 e. The van der Waals surface area contributed by atoms with Gasteiger partial charge in [0.25, 0.3) is 0 Å². The first-order valence-electron chi connectivity index (χ1n) is 11.5. The molecule has 2 aromatic heterocycles. The van der Waals surface area contributed by atoms with E-state index in [2.05, 4.69) is 57.8 Å². The van der Waals surface area contributed by atoms with E-state index in [0.29, 0.717) is 0 Å².